The van der Waals surface area contributed by atoms with E-state index in [4.69, 9.17) is 16.3 Å². The summed E-state index contributed by atoms with van der Waals surface area (Å²) < 4.78 is 18.7. The number of aromatic amines is 1. The molecule has 2 aliphatic rings. The molecule has 2 heterocycles. The summed E-state index contributed by atoms with van der Waals surface area (Å²) in [5.41, 5.74) is 0.516. The molecule has 9 nitrogen and oxygen atoms in total. The Morgan fingerprint density at radius 3 is 2.65 bits per heavy atom. The highest BCUT2D eigenvalue weighted by molar-refractivity contribution is 6.33. The number of hydrogen-bond acceptors (Lipinski definition) is 5. The Labute approximate surface area is 201 Å². The van der Waals surface area contributed by atoms with Crippen LogP contribution in [0.1, 0.15) is 59.5 Å². The molecule has 4 N–H and O–H groups in total. The van der Waals surface area contributed by atoms with Gasteiger partial charge in [-0.2, -0.15) is 0 Å². The Kier molecular flexibility index (Phi) is 7.79. The summed E-state index contributed by atoms with van der Waals surface area (Å²) in [6, 6.07) is 3.68. The molecule has 1 atom stereocenters. The summed E-state index contributed by atoms with van der Waals surface area (Å²) in [4.78, 5) is 44.6. The first-order chi connectivity index (χ1) is 16.4. The van der Waals surface area contributed by atoms with E-state index < -0.39 is 17.6 Å². The third-order valence-corrected chi connectivity index (χ3v) is 6.53. The van der Waals surface area contributed by atoms with Crippen molar-refractivity contribution in [1.29, 1.82) is 0 Å². The molecular weight excluding hydrogens is 465 g/mol. The zero-order valence-corrected chi connectivity index (χ0v) is 19.3. The van der Waals surface area contributed by atoms with E-state index in [2.05, 4.69) is 25.9 Å². The summed E-state index contributed by atoms with van der Waals surface area (Å²) in [6.45, 7) is 1.08. The molecule has 1 saturated heterocycles. The highest BCUT2D eigenvalue weighted by Gasteiger charge is 2.29. The predicted octanol–water partition coefficient (Wildman–Crippen LogP) is 3.04. The van der Waals surface area contributed by atoms with Gasteiger partial charge < -0.3 is 25.7 Å². The number of halogens is 2. The number of rotatable bonds is 7. The van der Waals surface area contributed by atoms with Crippen LogP contribution < -0.4 is 16.0 Å². The fourth-order valence-electron chi connectivity index (χ4n) is 4.32. The van der Waals surface area contributed by atoms with E-state index >= 15 is 0 Å². The number of nitrogens with zero attached hydrogens (tertiary/aromatic N) is 1. The van der Waals surface area contributed by atoms with Gasteiger partial charge in [0.05, 0.1) is 23.1 Å². The Hall–Kier alpha value is -2.98. The highest BCUT2D eigenvalue weighted by Crippen LogP contribution is 2.28. The first-order valence-electron chi connectivity index (χ1n) is 11.4. The molecule has 2 aromatic rings. The molecule has 1 aliphatic carbocycles. The molecule has 0 bridgehead atoms. The van der Waals surface area contributed by atoms with Crippen molar-refractivity contribution in [3.63, 3.8) is 0 Å². The number of nitrogens with one attached hydrogen (secondary N) is 4. The monoisotopic (exact) mass is 491 g/mol. The fourth-order valence-corrected chi connectivity index (χ4v) is 4.53. The third kappa shape index (κ3) is 5.92. The zero-order valence-electron chi connectivity index (χ0n) is 18.5. The molecule has 1 unspecified atom stereocenters. The lowest BCUT2D eigenvalue weighted by molar-refractivity contribution is -0.120. The molecule has 4 rings (SSSR count). The number of aromatic nitrogens is 2. The van der Waals surface area contributed by atoms with Crippen molar-refractivity contribution < 1.29 is 23.5 Å². The van der Waals surface area contributed by atoms with E-state index in [1.807, 2.05) is 0 Å². The van der Waals surface area contributed by atoms with Crippen molar-refractivity contribution in [2.75, 3.05) is 18.5 Å². The summed E-state index contributed by atoms with van der Waals surface area (Å²) in [5, 5.41) is 8.59. The van der Waals surface area contributed by atoms with Crippen LogP contribution >= 0.6 is 11.6 Å². The normalized spacial score (nSPS) is 22.2. The van der Waals surface area contributed by atoms with Crippen LogP contribution in [-0.2, 0) is 9.53 Å². The minimum absolute atomic E-state index is 0.00406. The van der Waals surface area contributed by atoms with Crippen LogP contribution in [0.3, 0.4) is 0 Å². The van der Waals surface area contributed by atoms with Crippen molar-refractivity contribution in [2.24, 2.45) is 5.92 Å². The van der Waals surface area contributed by atoms with Gasteiger partial charge in [-0.1, -0.05) is 11.6 Å². The van der Waals surface area contributed by atoms with Gasteiger partial charge in [0, 0.05) is 25.1 Å². The molecule has 0 spiro atoms. The second kappa shape index (κ2) is 11.0. The second-order valence-electron chi connectivity index (χ2n) is 8.61. The second-order valence-corrected chi connectivity index (χ2v) is 9.01. The Morgan fingerprint density at radius 1 is 1.15 bits per heavy atom. The van der Waals surface area contributed by atoms with Crippen molar-refractivity contribution in [3.8, 4) is 0 Å². The average Bonchev–Trinajstić information content (AvgIpc) is 3.52. The summed E-state index contributed by atoms with van der Waals surface area (Å²) >= 11 is 5.98. The smallest absolute Gasteiger partial charge is 0.272 e. The SMILES string of the molecule is O=C(NC1CCC(C(=O)Nc2ccc(F)cc2Cl)CC1)c1nc[nH]c1C(=O)NCC1CCCO1. The predicted molar refractivity (Wildman–Crippen MR) is 123 cm³/mol. The number of H-pyrrole nitrogens is 1. The summed E-state index contributed by atoms with van der Waals surface area (Å²) in [5.74, 6) is -1.73. The lowest BCUT2D eigenvalue weighted by Gasteiger charge is -2.28. The van der Waals surface area contributed by atoms with Crippen molar-refractivity contribution >= 4 is 35.0 Å². The largest absolute Gasteiger partial charge is 0.376 e. The van der Waals surface area contributed by atoms with E-state index in [-0.39, 0.29) is 40.4 Å². The van der Waals surface area contributed by atoms with E-state index in [1.54, 1.807) is 0 Å². The van der Waals surface area contributed by atoms with Crippen LogP contribution in [0.25, 0.3) is 0 Å². The minimum Gasteiger partial charge on any atom is -0.376 e. The first kappa shape index (κ1) is 24.2. The van der Waals surface area contributed by atoms with Crippen molar-refractivity contribution in [2.45, 2.75) is 50.7 Å². The van der Waals surface area contributed by atoms with Crippen molar-refractivity contribution in [1.82, 2.24) is 20.6 Å². The van der Waals surface area contributed by atoms with E-state index in [0.29, 0.717) is 44.5 Å². The van der Waals surface area contributed by atoms with Crippen LogP contribution in [0.5, 0.6) is 0 Å². The zero-order chi connectivity index (χ0) is 24.1. The van der Waals surface area contributed by atoms with Gasteiger partial charge in [-0.25, -0.2) is 9.37 Å². The van der Waals surface area contributed by atoms with Gasteiger partial charge in [0.15, 0.2) is 5.69 Å². The lowest BCUT2D eigenvalue weighted by Crippen LogP contribution is -2.40. The molecule has 1 aliphatic heterocycles. The Bertz CT molecular complexity index is 1050. The molecule has 34 heavy (non-hydrogen) atoms. The van der Waals surface area contributed by atoms with Crippen LogP contribution in [0, 0.1) is 11.7 Å². The molecule has 1 saturated carbocycles. The number of carbonyl (C=O) groups is 3. The van der Waals surface area contributed by atoms with Crippen molar-refractivity contribution in [3.05, 3.63) is 46.8 Å². The van der Waals surface area contributed by atoms with E-state index in [1.165, 1.54) is 18.5 Å². The molecule has 0 radical (unpaired) electrons. The standard InChI is InChI=1S/C23H27ClFN5O4/c24-17-10-14(25)5-8-18(17)30-21(31)13-3-6-15(7-4-13)29-23(33)20-19(27-12-28-20)22(32)26-11-16-2-1-9-34-16/h5,8,10,12-13,15-16H,1-4,6-7,9,11H2,(H,26,32)(H,27,28)(H,29,33)(H,30,31). The van der Waals surface area contributed by atoms with Gasteiger partial charge in [0.25, 0.3) is 11.8 Å². The van der Waals surface area contributed by atoms with Gasteiger partial charge >= 0.3 is 0 Å². The topological polar surface area (TPSA) is 125 Å². The maximum atomic E-state index is 13.2. The third-order valence-electron chi connectivity index (χ3n) is 6.22. The quantitative estimate of drug-likeness (QED) is 0.473. The van der Waals surface area contributed by atoms with Gasteiger partial charge in [-0.15, -0.1) is 0 Å². The highest BCUT2D eigenvalue weighted by atomic mass is 35.5. The van der Waals surface area contributed by atoms with Crippen LogP contribution in [0.4, 0.5) is 10.1 Å². The first-order valence-corrected chi connectivity index (χ1v) is 11.8. The number of hydrogen-bond donors (Lipinski definition) is 4. The maximum absolute atomic E-state index is 13.2. The molecule has 1 aromatic carbocycles. The molecule has 3 amide bonds. The van der Waals surface area contributed by atoms with Crippen LogP contribution in [0.2, 0.25) is 5.02 Å². The maximum Gasteiger partial charge on any atom is 0.272 e. The van der Waals surface area contributed by atoms with Crippen LogP contribution in [-0.4, -0.2) is 53.0 Å². The van der Waals surface area contributed by atoms with Gasteiger partial charge in [0.2, 0.25) is 5.91 Å². The minimum atomic E-state index is -0.473. The number of amides is 3. The fraction of sp³-hybridized carbons (Fsp3) is 0.478. The number of benzene rings is 1. The molecule has 11 heteroatoms. The summed E-state index contributed by atoms with van der Waals surface area (Å²) in [7, 11) is 0. The van der Waals surface area contributed by atoms with Gasteiger partial charge in [-0.3, -0.25) is 14.4 Å². The van der Waals surface area contributed by atoms with Gasteiger partial charge in [0.1, 0.15) is 11.5 Å². The number of carbonyl (C=O) groups excluding carboxylic acids is 3. The number of ether oxygens (including phenoxy) is 1. The molecular formula is C23H27ClFN5O4. The average molecular weight is 492 g/mol. The molecule has 2 fully saturated rings. The molecule has 182 valence electrons. The number of anilines is 1. The summed E-state index contributed by atoms with van der Waals surface area (Å²) in [6.07, 6.45) is 5.54. The number of imidazole rings is 1. The molecule has 1 aromatic heterocycles. The van der Waals surface area contributed by atoms with E-state index in [9.17, 15) is 18.8 Å². The van der Waals surface area contributed by atoms with Gasteiger partial charge in [-0.05, 0) is 56.7 Å². The van der Waals surface area contributed by atoms with Crippen LogP contribution in [0.15, 0.2) is 24.5 Å². The Balaban J connectivity index is 1.25. The lowest BCUT2D eigenvalue weighted by atomic mass is 9.85. The van der Waals surface area contributed by atoms with E-state index in [0.717, 1.165) is 18.9 Å². The Morgan fingerprint density at radius 2 is 1.94 bits per heavy atom.